The van der Waals surface area contributed by atoms with Crippen LogP contribution < -0.4 is 20.1 Å². The summed E-state index contributed by atoms with van der Waals surface area (Å²) in [5.74, 6) is 0.960. The van der Waals surface area contributed by atoms with Gasteiger partial charge in [-0.3, -0.25) is 19.8 Å². The third-order valence-corrected chi connectivity index (χ3v) is 5.91. The molecule has 180 valence electrons. The molecule has 2 N–H and O–H groups in total. The maximum atomic E-state index is 12.6. The first-order chi connectivity index (χ1) is 16.5. The number of rotatable bonds is 6. The molecule has 2 aromatic carbocycles. The fourth-order valence-corrected chi connectivity index (χ4v) is 3.95. The zero-order valence-corrected chi connectivity index (χ0v) is 19.3. The van der Waals surface area contributed by atoms with Gasteiger partial charge in [0.15, 0.2) is 11.5 Å². The van der Waals surface area contributed by atoms with E-state index in [1.54, 1.807) is 18.2 Å². The third-order valence-electron chi connectivity index (χ3n) is 5.91. The van der Waals surface area contributed by atoms with Crippen LogP contribution in [0.25, 0.3) is 0 Å². The molecule has 2 heterocycles. The summed E-state index contributed by atoms with van der Waals surface area (Å²) >= 11 is 0. The zero-order valence-electron chi connectivity index (χ0n) is 19.3. The number of hydrogen-bond donors (Lipinski definition) is 2. The second-order valence-corrected chi connectivity index (χ2v) is 8.50. The first-order valence-corrected chi connectivity index (χ1v) is 11.5. The van der Waals surface area contributed by atoms with E-state index in [9.17, 15) is 14.4 Å². The highest BCUT2D eigenvalue weighted by Gasteiger charge is 2.22. The SMILES string of the molecule is Cc1ccc(CC(=O)N2CCN(CCC(=O)NC(=O)Nc3ccc4c(c3)OCCO4)CC2)cc1. The van der Waals surface area contributed by atoms with Crippen molar-refractivity contribution in [2.75, 3.05) is 51.3 Å². The number of carbonyl (C=O) groups is 3. The standard InChI is InChI=1S/C25H30N4O5/c1-18-2-4-19(5-3-18)16-24(31)29-12-10-28(11-13-29)9-8-23(30)27-25(32)26-20-6-7-21-22(17-20)34-15-14-33-21/h2-7,17H,8-16H2,1H3,(H2,26,27,30,32). The minimum absolute atomic E-state index is 0.122. The number of benzene rings is 2. The summed E-state index contributed by atoms with van der Waals surface area (Å²) in [4.78, 5) is 40.9. The van der Waals surface area contributed by atoms with Gasteiger partial charge in [-0.2, -0.15) is 0 Å². The van der Waals surface area contributed by atoms with Gasteiger partial charge in [0.2, 0.25) is 11.8 Å². The van der Waals surface area contributed by atoms with Gasteiger partial charge in [-0.05, 0) is 24.6 Å². The molecule has 4 amide bonds. The predicted molar refractivity (Wildman–Crippen MR) is 127 cm³/mol. The number of nitrogens with zero attached hydrogens (tertiary/aromatic N) is 2. The molecule has 1 saturated heterocycles. The van der Waals surface area contributed by atoms with Crippen LogP contribution in [-0.2, 0) is 16.0 Å². The largest absolute Gasteiger partial charge is 0.486 e. The van der Waals surface area contributed by atoms with E-state index < -0.39 is 6.03 Å². The number of anilines is 1. The molecular weight excluding hydrogens is 436 g/mol. The van der Waals surface area contributed by atoms with Crippen molar-refractivity contribution in [3.63, 3.8) is 0 Å². The van der Waals surface area contributed by atoms with Crippen molar-refractivity contribution in [1.29, 1.82) is 0 Å². The Labute approximate surface area is 199 Å². The van der Waals surface area contributed by atoms with Crippen LogP contribution >= 0.6 is 0 Å². The second-order valence-electron chi connectivity index (χ2n) is 8.50. The van der Waals surface area contributed by atoms with Crippen LogP contribution in [0.3, 0.4) is 0 Å². The number of urea groups is 1. The molecule has 9 nitrogen and oxygen atoms in total. The van der Waals surface area contributed by atoms with E-state index in [0.717, 1.165) is 5.56 Å². The minimum Gasteiger partial charge on any atom is -0.486 e. The minimum atomic E-state index is -0.590. The van der Waals surface area contributed by atoms with E-state index in [1.807, 2.05) is 36.1 Å². The molecule has 2 aromatic rings. The molecule has 0 radical (unpaired) electrons. The number of piperazine rings is 1. The quantitative estimate of drug-likeness (QED) is 0.677. The number of carbonyl (C=O) groups excluding carboxylic acids is 3. The number of fused-ring (bicyclic) bond motifs is 1. The summed E-state index contributed by atoms with van der Waals surface area (Å²) in [6.45, 7) is 6.19. The molecule has 2 aliphatic rings. The molecule has 1 fully saturated rings. The van der Waals surface area contributed by atoms with Crippen molar-refractivity contribution in [2.45, 2.75) is 19.8 Å². The Hall–Kier alpha value is -3.59. The van der Waals surface area contributed by atoms with Gasteiger partial charge in [0.1, 0.15) is 13.2 Å². The molecule has 0 spiro atoms. The predicted octanol–water partition coefficient (Wildman–Crippen LogP) is 2.19. The van der Waals surface area contributed by atoms with Gasteiger partial charge in [-0.1, -0.05) is 29.8 Å². The van der Waals surface area contributed by atoms with Crippen LogP contribution in [0.5, 0.6) is 11.5 Å². The molecule has 0 unspecified atom stereocenters. The molecule has 9 heteroatoms. The second kappa shape index (κ2) is 11.0. The van der Waals surface area contributed by atoms with E-state index in [4.69, 9.17) is 9.47 Å². The van der Waals surface area contributed by atoms with Gasteiger partial charge in [0.25, 0.3) is 0 Å². The molecule has 0 atom stereocenters. The highest BCUT2D eigenvalue weighted by Crippen LogP contribution is 2.32. The maximum Gasteiger partial charge on any atom is 0.325 e. The lowest BCUT2D eigenvalue weighted by molar-refractivity contribution is -0.132. The smallest absolute Gasteiger partial charge is 0.325 e. The highest BCUT2D eigenvalue weighted by molar-refractivity contribution is 6.01. The lowest BCUT2D eigenvalue weighted by atomic mass is 10.1. The third kappa shape index (κ3) is 6.48. The zero-order chi connectivity index (χ0) is 23.9. The molecule has 34 heavy (non-hydrogen) atoms. The summed E-state index contributed by atoms with van der Waals surface area (Å²) in [7, 11) is 0. The first kappa shape index (κ1) is 23.6. The topological polar surface area (TPSA) is 100 Å². The van der Waals surface area contributed by atoms with Gasteiger partial charge < -0.3 is 19.7 Å². The monoisotopic (exact) mass is 466 g/mol. The Morgan fingerprint density at radius 1 is 0.912 bits per heavy atom. The Morgan fingerprint density at radius 2 is 1.62 bits per heavy atom. The summed E-state index contributed by atoms with van der Waals surface area (Å²) in [6, 6.07) is 12.5. The van der Waals surface area contributed by atoms with Gasteiger partial charge in [-0.15, -0.1) is 0 Å². The molecule has 0 aromatic heterocycles. The fraction of sp³-hybridized carbons (Fsp3) is 0.400. The number of imide groups is 1. The summed E-state index contributed by atoms with van der Waals surface area (Å²) < 4.78 is 10.9. The summed E-state index contributed by atoms with van der Waals surface area (Å²) in [5.41, 5.74) is 2.71. The van der Waals surface area contributed by atoms with Gasteiger partial charge >= 0.3 is 6.03 Å². The van der Waals surface area contributed by atoms with Crippen LogP contribution in [0.4, 0.5) is 10.5 Å². The van der Waals surface area contributed by atoms with Gasteiger partial charge in [0, 0.05) is 50.9 Å². The van der Waals surface area contributed by atoms with Crippen molar-refractivity contribution >= 4 is 23.5 Å². The molecule has 0 bridgehead atoms. The first-order valence-electron chi connectivity index (χ1n) is 11.5. The molecular formula is C25H30N4O5. The van der Waals surface area contributed by atoms with Crippen molar-refractivity contribution in [3.8, 4) is 11.5 Å². The van der Waals surface area contributed by atoms with Crippen LogP contribution in [0.2, 0.25) is 0 Å². The average Bonchev–Trinajstić information content (AvgIpc) is 2.84. The highest BCUT2D eigenvalue weighted by atomic mass is 16.6. The van der Waals surface area contributed by atoms with Crippen molar-refractivity contribution in [3.05, 3.63) is 53.6 Å². The number of nitrogens with one attached hydrogen (secondary N) is 2. The van der Waals surface area contributed by atoms with Crippen molar-refractivity contribution in [1.82, 2.24) is 15.1 Å². The lowest BCUT2D eigenvalue weighted by Crippen LogP contribution is -2.49. The summed E-state index contributed by atoms with van der Waals surface area (Å²) in [5, 5.41) is 4.99. The Bertz CT molecular complexity index is 1030. The number of amides is 4. The van der Waals surface area contributed by atoms with Crippen LogP contribution in [0, 0.1) is 6.92 Å². The van der Waals surface area contributed by atoms with E-state index in [0.29, 0.717) is 69.5 Å². The van der Waals surface area contributed by atoms with E-state index in [2.05, 4.69) is 15.5 Å². The van der Waals surface area contributed by atoms with Gasteiger partial charge in [-0.25, -0.2) is 4.79 Å². The normalized spacial score (nSPS) is 15.5. The Balaban J connectivity index is 1.14. The number of hydrogen-bond acceptors (Lipinski definition) is 6. The van der Waals surface area contributed by atoms with Crippen LogP contribution in [-0.4, -0.2) is 73.6 Å². The molecule has 2 aliphatic heterocycles. The Kier molecular flexibility index (Phi) is 7.64. The molecule has 0 saturated carbocycles. The van der Waals surface area contributed by atoms with Crippen LogP contribution in [0.15, 0.2) is 42.5 Å². The van der Waals surface area contributed by atoms with E-state index >= 15 is 0 Å². The summed E-state index contributed by atoms with van der Waals surface area (Å²) in [6.07, 6.45) is 0.604. The molecule has 0 aliphatic carbocycles. The van der Waals surface area contributed by atoms with Crippen molar-refractivity contribution < 1.29 is 23.9 Å². The number of ether oxygens (including phenoxy) is 2. The number of aryl methyl sites for hydroxylation is 1. The molecule has 4 rings (SSSR count). The maximum absolute atomic E-state index is 12.6. The average molecular weight is 467 g/mol. The Morgan fingerprint density at radius 3 is 2.35 bits per heavy atom. The van der Waals surface area contributed by atoms with E-state index in [1.165, 1.54) is 5.56 Å². The van der Waals surface area contributed by atoms with Gasteiger partial charge in [0.05, 0.1) is 6.42 Å². The lowest BCUT2D eigenvalue weighted by Gasteiger charge is -2.34. The fourth-order valence-electron chi connectivity index (χ4n) is 3.95. The van der Waals surface area contributed by atoms with Crippen molar-refractivity contribution in [2.24, 2.45) is 0 Å². The van der Waals surface area contributed by atoms with E-state index in [-0.39, 0.29) is 18.2 Å². The van der Waals surface area contributed by atoms with Crippen LogP contribution in [0.1, 0.15) is 17.5 Å².